The molecule has 0 spiro atoms. The zero-order valence-corrected chi connectivity index (χ0v) is 16.0. The van der Waals surface area contributed by atoms with Crippen molar-refractivity contribution in [2.24, 2.45) is 11.3 Å². The van der Waals surface area contributed by atoms with E-state index < -0.39 is 0 Å². The van der Waals surface area contributed by atoms with Gasteiger partial charge in [-0.2, -0.15) is 0 Å². The molecule has 1 aliphatic heterocycles. The minimum Gasteiger partial charge on any atom is -0.339 e. The van der Waals surface area contributed by atoms with Crippen LogP contribution in [0.3, 0.4) is 0 Å². The summed E-state index contributed by atoms with van der Waals surface area (Å²) in [7, 11) is 1.97. The Balaban J connectivity index is 3.65. The molecule has 0 aliphatic carbocycles. The van der Waals surface area contributed by atoms with Gasteiger partial charge in [-0.3, -0.25) is 9.69 Å². The van der Waals surface area contributed by atoms with E-state index in [0.29, 0.717) is 12.0 Å². The van der Waals surface area contributed by atoms with Crippen LogP contribution in [0, 0.1) is 11.3 Å². The van der Waals surface area contributed by atoms with Crippen molar-refractivity contribution in [3.63, 3.8) is 0 Å². The van der Waals surface area contributed by atoms with Gasteiger partial charge in [-0.15, -0.1) is 0 Å². The van der Waals surface area contributed by atoms with Crippen molar-refractivity contribution in [1.29, 1.82) is 0 Å². The molecule has 124 valence electrons. The Labute approximate surface area is 132 Å². The topological polar surface area (TPSA) is 23.6 Å². The lowest BCUT2D eigenvalue weighted by atomic mass is 9.61. The van der Waals surface area contributed by atoms with Crippen LogP contribution in [0.2, 0.25) is 0 Å². The largest absolute Gasteiger partial charge is 0.339 e. The lowest BCUT2D eigenvalue weighted by Gasteiger charge is -2.57. The average Bonchev–Trinajstić information content (AvgIpc) is 2.33. The minimum absolute atomic E-state index is 0.0433. The lowest BCUT2D eigenvalue weighted by molar-refractivity contribution is -0.141. The predicted octanol–water partition coefficient (Wildman–Crippen LogP) is 3.78. The van der Waals surface area contributed by atoms with Crippen molar-refractivity contribution in [3.05, 3.63) is 0 Å². The molecule has 0 bridgehead atoms. The molecule has 1 fully saturated rings. The molecular weight excluding hydrogens is 260 g/mol. The van der Waals surface area contributed by atoms with Gasteiger partial charge in [0.05, 0.1) is 6.04 Å². The second-order valence-corrected chi connectivity index (χ2v) is 8.83. The van der Waals surface area contributed by atoms with Gasteiger partial charge in [0.25, 0.3) is 0 Å². The van der Waals surface area contributed by atoms with E-state index in [9.17, 15) is 4.79 Å². The van der Waals surface area contributed by atoms with E-state index >= 15 is 0 Å². The maximum Gasteiger partial charge on any atom is 0.240 e. The molecule has 21 heavy (non-hydrogen) atoms. The molecule has 3 heteroatoms. The first-order valence-corrected chi connectivity index (χ1v) is 8.27. The highest BCUT2D eigenvalue weighted by Crippen LogP contribution is 2.51. The van der Waals surface area contributed by atoms with Crippen LogP contribution in [-0.2, 0) is 4.79 Å². The molecule has 1 heterocycles. The maximum absolute atomic E-state index is 13.2. The Morgan fingerprint density at radius 2 is 1.33 bits per heavy atom. The number of rotatable bonds is 2. The molecule has 1 unspecified atom stereocenters. The summed E-state index contributed by atoms with van der Waals surface area (Å²) >= 11 is 0. The first-order valence-electron chi connectivity index (χ1n) is 8.27. The summed E-state index contributed by atoms with van der Waals surface area (Å²) in [6, 6.07) is 0.268. The molecule has 1 atom stereocenters. The van der Waals surface area contributed by atoms with Gasteiger partial charge in [0.15, 0.2) is 0 Å². The van der Waals surface area contributed by atoms with Gasteiger partial charge in [0.2, 0.25) is 5.91 Å². The molecule has 1 amide bonds. The number of nitrogens with zero attached hydrogens (tertiary/aromatic N) is 2. The molecule has 3 nitrogen and oxygen atoms in total. The Hall–Kier alpha value is -0.570. The van der Waals surface area contributed by atoms with Crippen LogP contribution < -0.4 is 0 Å². The van der Waals surface area contributed by atoms with Gasteiger partial charge in [-0.1, -0.05) is 27.7 Å². The normalized spacial score (nSPS) is 29.1. The van der Waals surface area contributed by atoms with Gasteiger partial charge in [-0.05, 0) is 47.5 Å². The second kappa shape index (κ2) is 5.26. The number of likely N-dealkylation sites (N-methyl/N-ethyl adjacent to an activating group) is 1. The van der Waals surface area contributed by atoms with Crippen molar-refractivity contribution >= 4 is 5.91 Å². The number of hydrogen-bond donors (Lipinski definition) is 0. The Kier molecular flexibility index (Phi) is 4.63. The van der Waals surface area contributed by atoms with E-state index in [2.05, 4.69) is 74.1 Å². The van der Waals surface area contributed by atoms with E-state index in [0.717, 1.165) is 0 Å². The standard InChI is InChI=1S/C18H36N2O/c1-12(2)14-15(21)19(11)17(7,8)16(5,6)18(9,10)20(14)13(3)4/h12-14H,1-11H3. The van der Waals surface area contributed by atoms with Gasteiger partial charge in [0, 0.05) is 29.6 Å². The summed E-state index contributed by atoms with van der Waals surface area (Å²) in [6.07, 6.45) is 0. The van der Waals surface area contributed by atoms with Gasteiger partial charge in [-0.25, -0.2) is 0 Å². The Morgan fingerprint density at radius 3 is 1.67 bits per heavy atom. The molecule has 0 aromatic heterocycles. The van der Waals surface area contributed by atoms with Gasteiger partial charge < -0.3 is 4.90 Å². The zero-order valence-electron chi connectivity index (χ0n) is 16.0. The summed E-state index contributed by atoms with van der Waals surface area (Å²) < 4.78 is 0. The fraction of sp³-hybridized carbons (Fsp3) is 0.944. The molecule has 0 N–H and O–H groups in total. The monoisotopic (exact) mass is 296 g/mol. The first-order chi connectivity index (χ1) is 9.21. The SMILES string of the molecule is CC(C)C1C(=O)N(C)C(C)(C)C(C)(C)C(C)(C)N1C(C)C. The third-order valence-corrected chi connectivity index (χ3v) is 6.61. The molecule has 0 saturated carbocycles. The lowest BCUT2D eigenvalue weighted by Crippen LogP contribution is -2.65. The quantitative estimate of drug-likeness (QED) is 0.774. The van der Waals surface area contributed by atoms with Crippen molar-refractivity contribution in [3.8, 4) is 0 Å². The van der Waals surface area contributed by atoms with Crippen molar-refractivity contribution in [2.75, 3.05) is 7.05 Å². The van der Waals surface area contributed by atoms with Crippen molar-refractivity contribution in [1.82, 2.24) is 9.80 Å². The Bertz CT molecular complexity index is 407. The molecule has 0 radical (unpaired) electrons. The Morgan fingerprint density at radius 1 is 0.905 bits per heavy atom. The summed E-state index contributed by atoms with van der Waals surface area (Å²) in [4.78, 5) is 17.6. The van der Waals surface area contributed by atoms with Crippen LogP contribution in [0.15, 0.2) is 0 Å². The maximum atomic E-state index is 13.2. The average molecular weight is 296 g/mol. The van der Waals surface area contributed by atoms with Gasteiger partial charge >= 0.3 is 0 Å². The van der Waals surface area contributed by atoms with Crippen molar-refractivity contribution < 1.29 is 4.79 Å². The number of carbonyl (C=O) groups excluding carboxylic acids is 1. The van der Waals surface area contributed by atoms with E-state index in [1.54, 1.807) is 0 Å². The highest BCUT2D eigenvalue weighted by Gasteiger charge is 2.59. The molecule has 0 aromatic rings. The van der Waals surface area contributed by atoms with E-state index in [-0.39, 0.29) is 28.4 Å². The summed E-state index contributed by atoms with van der Waals surface area (Å²) in [5, 5.41) is 0. The van der Waals surface area contributed by atoms with Crippen LogP contribution in [0.5, 0.6) is 0 Å². The van der Waals surface area contributed by atoms with Crippen LogP contribution in [0.25, 0.3) is 0 Å². The zero-order chi connectivity index (χ0) is 17.0. The molecule has 1 aliphatic rings. The molecular formula is C18H36N2O. The highest BCUT2D eigenvalue weighted by molar-refractivity contribution is 5.83. The summed E-state index contributed by atoms with van der Waals surface area (Å²) in [6.45, 7) is 22.3. The number of hydrogen-bond acceptors (Lipinski definition) is 2. The number of amides is 1. The summed E-state index contributed by atoms with van der Waals surface area (Å²) in [5.41, 5.74) is -0.331. The molecule has 1 saturated heterocycles. The van der Waals surface area contributed by atoms with Crippen LogP contribution in [0.4, 0.5) is 0 Å². The van der Waals surface area contributed by atoms with Crippen LogP contribution in [-0.4, -0.2) is 45.9 Å². The second-order valence-electron chi connectivity index (χ2n) is 8.83. The third-order valence-electron chi connectivity index (χ3n) is 6.61. The van der Waals surface area contributed by atoms with Crippen LogP contribution in [0.1, 0.15) is 69.2 Å². The van der Waals surface area contributed by atoms with E-state index in [1.165, 1.54) is 0 Å². The predicted molar refractivity (Wildman–Crippen MR) is 90.3 cm³/mol. The van der Waals surface area contributed by atoms with Gasteiger partial charge in [0.1, 0.15) is 0 Å². The minimum atomic E-state index is -0.204. The summed E-state index contributed by atoms with van der Waals surface area (Å²) in [5.74, 6) is 0.550. The van der Waals surface area contributed by atoms with E-state index in [1.807, 2.05) is 11.9 Å². The third kappa shape index (κ3) is 2.42. The van der Waals surface area contributed by atoms with Crippen LogP contribution >= 0.6 is 0 Å². The fourth-order valence-corrected chi connectivity index (χ4v) is 4.00. The number of carbonyl (C=O) groups is 1. The van der Waals surface area contributed by atoms with Crippen molar-refractivity contribution in [2.45, 2.75) is 92.4 Å². The molecule has 1 rings (SSSR count). The highest BCUT2D eigenvalue weighted by atomic mass is 16.2. The van der Waals surface area contributed by atoms with E-state index in [4.69, 9.17) is 0 Å². The fourth-order valence-electron chi connectivity index (χ4n) is 4.00. The smallest absolute Gasteiger partial charge is 0.240 e. The first kappa shape index (κ1) is 18.5. The molecule has 0 aromatic carbocycles.